The van der Waals surface area contributed by atoms with Gasteiger partial charge in [-0.25, -0.2) is 9.59 Å². The number of fused-ring (bicyclic) bond motifs is 2. The molecule has 1 fully saturated rings. The molecule has 0 aromatic carbocycles. The molecule has 0 aromatic rings. The van der Waals surface area contributed by atoms with E-state index in [1.165, 1.54) is 18.7 Å². The summed E-state index contributed by atoms with van der Waals surface area (Å²) in [5.41, 5.74) is -1.37. The van der Waals surface area contributed by atoms with Gasteiger partial charge < -0.3 is 19.5 Å². The SMILES string of the molecule is CC(C)(C)OC(=O)N1CC2CC=C(CO)C(C1)N2C(=O)OC(C)(C)C(Cl)(Cl)Cl. The van der Waals surface area contributed by atoms with Crippen LogP contribution in [0.15, 0.2) is 11.6 Å². The van der Waals surface area contributed by atoms with Gasteiger partial charge in [0.2, 0.25) is 3.79 Å². The lowest BCUT2D eigenvalue weighted by atomic mass is 9.91. The van der Waals surface area contributed by atoms with E-state index in [0.717, 1.165) is 0 Å². The molecule has 28 heavy (non-hydrogen) atoms. The number of amides is 2. The summed E-state index contributed by atoms with van der Waals surface area (Å²) < 4.78 is 9.13. The summed E-state index contributed by atoms with van der Waals surface area (Å²) in [4.78, 5) is 28.5. The van der Waals surface area contributed by atoms with Gasteiger partial charge >= 0.3 is 12.2 Å². The van der Waals surface area contributed by atoms with Gasteiger partial charge in [0.25, 0.3) is 0 Å². The van der Waals surface area contributed by atoms with E-state index in [1.807, 2.05) is 6.08 Å². The molecule has 1 saturated heterocycles. The zero-order chi connectivity index (χ0) is 21.5. The van der Waals surface area contributed by atoms with Gasteiger partial charge in [0.15, 0.2) is 5.60 Å². The Morgan fingerprint density at radius 1 is 1.11 bits per heavy atom. The van der Waals surface area contributed by atoms with Crippen LogP contribution in [0, 0.1) is 0 Å². The maximum absolute atomic E-state index is 12.9. The molecule has 1 N–H and O–H groups in total. The van der Waals surface area contributed by atoms with E-state index in [2.05, 4.69) is 0 Å². The Balaban J connectivity index is 2.23. The van der Waals surface area contributed by atoms with Gasteiger partial charge in [-0.2, -0.15) is 0 Å². The fraction of sp³-hybridized carbons (Fsp3) is 0.778. The smallest absolute Gasteiger partial charge is 0.411 e. The molecule has 0 spiro atoms. The quantitative estimate of drug-likeness (QED) is 0.503. The van der Waals surface area contributed by atoms with Crippen LogP contribution in [0.1, 0.15) is 41.0 Å². The number of hydrogen-bond acceptors (Lipinski definition) is 5. The summed E-state index contributed by atoms with van der Waals surface area (Å²) >= 11 is 17.8. The number of nitrogens with zero attached hydrogens (tertiary/aromatic N) is 2. The summed E-state index contributed by atoms with van der Waals surface area (Å²) in [6, 6.07) is -0.871. The Morgan fingerprint density at radius 2 is 1.71 bits per heavy atom. The van der Waals surface area contributed by atoms with Crippen molar-refractivity contribution in [3.63, 3.8) is 0 Å². The predicted octanol–water partition coefficient (Wildman–Crippen LogP) is 3.88. The van der Waals surface area contributed by atoms with Crippen LogP contribution in [0.4, 0.5) is 9.59 Å². The summed E-state index contributed by atoms with van der Waals surface area (Å²) in [5, 5.41) is 9.73. The number of aliphatic hydroxyl groups is 1. The van der Waals surface area contributed by atoms with Gasteiger partial charge in [0, 0.05) is 13.1 Å². The first-order valence-electron chi connectivity index (χ1n) is 9.02. The van der Waals surface area contributed by atoms with Crippen molar-refractivity contribution in [1.82, 2.24) is 9.80 Å². The van der Waals surface area contributed by atoms with E-state index in [0.29, 0.717) is 12.0 Å². The summed E-state index contributed by atoms with van der Waals surface area (Å²) in [6.45, 7) is 8.61. The molecule has 10 heteroatoms. The standard InChI is InChI=1S/C18H27Cl3N2O5/c1-16(2,3)27-14(25)22-8-12-7-6-11(10-24)13(9-22)23(12)15(26)28-17(4,5)18(19,20)21/h6,12-13,24H,7-10H2,1-5H3. The topological polar surface area (TPSA) is 79.3 Å². The number of carbonyl (C=O) groups is 2. The number of rotatable bonds is 2. The second-order valence-corrected chi connectivity index (χ2v) is 10.8. The lowest BCUT2D eigenvalue weighted by Crippen LogP contribution is -2.65. The fourth-order valence-electron chi connectivity index (χ4n) is 3.13. The highest BCUT2D eigenvalue weighted by Crippen LogP contribution is 2.41. The minimum Gasteiger partial charge on any atom is -0.444 e. The van der Waals surface area contributed by atoms with Gasteiger partial charge in [-0.15, -0.1) is 0 Å². The van der Waals surface area contributed by atoms with E-state index in [9.17, 15) is 14.7 Å². The minimum atomic E-state index is -1.81. The van der Waals surface area contributed by atoms with Crippen LogP contribution < -0.4 is 0 Å². The van der Waals surface area contributed by atoms with Crippen molar-refractivity contribution in [3.8, 4) is 0 Å². The van der Waals surface area contributed by atoms with Crippen molar-refractivity contribution in [2.24, 2.45) is 0 Å². The van der Waals surface area contributed by atoms with Crippen LogP contribution in [-0.4, -0.2) is 73.9 Å². The zero-order valence-corrected chi connectivity index (χ0v) is 18.9. The first kappa shape index (κ1) is 23.4. The maximum Gasteiger partial charge on any atom is 0.411 e. The molecular formula is C18H27Cl3N2O5. The molecule has 2 aliphatic rings. The van der Waals surface area contributed by atoms with Crippen molar-refractivity contribution in [1.29, 1.82) is 0 Å². The Labute approximate surface area is 180 Å². The van der Waals surface area contributed by atoms with Gasteiger partial charge in [0.1, 0.15) is 5.60 Å². The summed E-state index contributed by atoms with van der Waals surface area (Å²) in [7, 11) is 0. The second-order valence-electron chi connectivity index (χ2n) is 8.51. The zero-order valence-electron chi connectivity index (χ0n) is 16.7. The summed E-state index contributed by atoms with van der Waals surface area (Å²) in [6.07, 6.45) is 1.24. The normalized spacial score (nSPS) is 23.2. The number of halogens is 3. The third-order valence-electron chi connectivity index (χ3n) is 4.70. The van der Waals surface area contributed by atoms with Crippen molar-refractivity contribution < 1.29 is 24.2 Å². The van der Waals surface area contributed by atoms with E-state index in [1.54, 1.807) is 25.7 Å². The lowest BCUT2D eigenvalue weighted by Gasteiger charge is -2.49. The molecule has 2 amide bonds. The largest absolute Gasteiger partial charge is 0.444 e. The minimum absolute atomic E-state index is 0.182. The molecule has 2 rings (SSSR count). The van der Waals surface area contributed by atoms with Gasteiger partial charge in [-0.1, -0.05) is 40.9 Å². The third kappa shape index (κ3) is 5.17. The first-order chi connectivity index (χ1) is 12.7. The number of hydrogen-bond donors (Lipinski definition) is 1. The van der Waals surface area contributed by atoms with E-state index in [-0.39, 0.29) is 25.7 Å². The number of carbonyl (C=O) groups excluding carboxylic acids is 2. The first-order valence-corrected chi connectivity index (χ1v) is 10.2. The number of piperazine rings is 1. The van der Waals surface area contributed by atoms with Crippen LogP contribution in [0.5, 0.6) is 0 Å². The van der Waals surface area contributed by atoms with Crippen molar-refractivity contribution >= 4 is 47.0 Å². The lowest BCUT2D eigenvalue weighted by molar-refractivity contribution is -0.0337. The predicted molar refractivity (Wildman–Crippen MR) is 108 cm³/mol. The average Bonchev–Trinajstić information content (AvgIpc) is 2.50. The van der Waals surface area contributed by atoms with Crippen LogP contribution in [0.3, 0.4) is 0 Å². The maximum atomic E-state index is 12.9. The highest BCUT2D eigenvalue weighted by molar-refractivity contribution is 6.68. The van der Waals surface area contributed by atoms with E-state index >= 15 is 0 Å². The molecule has 0 radical (unpaired) electrons. The molecule has 2 atom stereocenters. The third-order valence-corrected chi connectivity index (χ3v) is 6.07. The molecule has 2 aliphatic heterocycles. The Hall–Kier alpha value is -0.890. The van der Waals surface area contributed by atoms with Crippen LogP contribution >= 0.6 is 34.8 Å². The van der Waals surface area contributed by atoms with Gasteiger partial charge in [0.05, 0.1) is 18.7 Å². The average molecular weight is 458 g/mol. The Kier molecular flexibility index (Phi) is 6.76. The van der Waals surface area contributed by atoms with Crippen molar-refractivity contribution in [3.05, 3.63) is 11.6 Å². The molecule has 0 aromatic heterocycles. The molecule has 160 valence electrons. The number of aliphatic hydroxyl groups excluding tert-OH is 1. The molecular weight excluding hydrogens is 431 g/mol. The molecule has 2 heterocycles. The second kappa shape index (κ2) is 8.09. The highest BCUT2D eigenvalue weighted by atomic mass is 35.6. The van der Waals surface area contributed by atoms with Crippen LogP contribution in [-0.2, 0) is 9.47 Å². The molecule has 0 aliphatic carbocycles. The summed E-state index contributed by atoms with van der Waals surface area (Å²) in [5.74, 6) is 0. The number of ether oxygens (including phenoxy) is 2. The number of alkyl halides is 3. The van der Waals surface area contributed by atoms with E-state index < -0.39 is 33.2 Å². The molecule has 7 nitrogen and oxygen atoms in total. The van der Waals surface area contributed by atoms with Gasteiger partial charge in [-0.3, -0.25) is 4.90 Å². The monoisotopic (exact) mass is 456 g/mol. The highest BCUT2D eigenvalue weighted by Gasteiger charge is 2.49. The van der Waals surface area contributed by atoms with Crippen molar-refractivity contribution in [2.45, 2.75) is 68.1 Å². The van der Waals surface area contributed by atoms with Crippen LogP contribution in [0.25, 0.3) is 0 Å². The van der Waals surface area contributed by atoms with E-state index in [4.69, 9.17) is 44.3 Å². The fourth-order valence-corrected chi connectivity index (χ4v) is 3.24. The molecule has 0 saturated carbocycles. The Bertz CT molecular complexity index is 655. The molecule has 2 unspecified atom stereocenters. The van der Waals surface area contributed by atoms with Crippen molar-refractivity contribution in [2.75, 3.05) is 19.7 Å². The molecule has 2 bridgehead atoms. The van der Waals surface area contributed by atoms with Crippen LogP contribution in [0.2, 0.25) is 0 Å². The van der Waals surface area contributed by atoms with Gasteiger partial charge in [-0.05, 0) is 46.6 Å². The Morgan fingerprint density at radius 3 is 2.21 bits per heavy atom.